The van der Waals surface area contributed by atoms with Gasteiger partial charge in [-0.2, -0.15) is 0 Å². The van der Waals surface area contributed by atoms with E-state index in [0.717, 1.165) is 6.42 Å². The largest absolute Gasteiger partial charge is 0.481 e. The number of carboxylic acids is 1. The molecule has 21 heavy (non-hydrogen) atoms. The van der Waals surface area contributed by atoms with Crippen molar-refractivity contribution in [2.24, 2.45) is 11.8 Å². The fourth-order valence-electron chi connectivity index (χ4n) is 2.04. The summed E-state index contributed by atoms with van der Waals surface area (Å²) in [6.45, 7) is 6.30. The van der Waals surface area contributed by atoms with Crippen LogP contribution in [0, 0.1) is 11.8 Å². The van der Waals surface area contributed by atoms with Crippen molar-refractivity contribution in [3.63, 3.8) is 0 Å². The molecule has 0 bridgehead atoms. The van der Waals surface area contributed by atoms with Crippen LogP contribution in [0.15, 0.2) is 0 Å². The third-order valence-corrected chi connectivity index (χ3v) is 3.03. The summed E-state index contributed by atoms with van der Waals surface area (Å²) in [6, 6.07) is -0.387. The summed E-state index contributed by atoms with van der Waals surface area (Å²) < 4.78 is 4.53. The third kappa shape index (κ3) is 8.88. The topological polar surface area (TPSA) is 95.9 Å². The number of carbonyl (C=O) groups excluding carboxylic acids is 2. The molecule has 2 amide bonds. The van der Waals surface area contributed by atoms with Gasteiger partial charge in [0, 0.05) is 19.5 Å². The molecule has 7 nitrogen and oxygen atoms in total. The van der Waals surface area contributed by atoms with Gasteiger partial charge in [-0.05, 0) is 25.2 Å². The van der Waals surface area contributed by atoms with Crippen molar-refractivity contribution >= 4 is 18.0 Å². The maximum absolute atomic E-state index is 12.0. The number of nitrogens with zero attached hydrogens (tertiary/aromatic N) is 1. The number of urea groups is 1. The summed E-state index contributed by atoms with van der Waals surface area (Å²) in [4.78, 5) is 35.3. The number of carbonyl (C=O) groups is 3. The molecule has 0 unspecified atom stereocenters. The molecule has 0 aliphatic carbocycles. The van der Waals surface area contributed by atoms with Gasteiger partial charge in [-0.1, -0.05) is 13.8 Å². The first-order valence-corrected chi connectivity index (χ1v) is 7.11. The second-order valence-corrected chi connectivity index (χ2v) is 5.37. The molecule has 1 atom stereocenters. The van der Waals surface area contributed by atoms with Gasteiger partial charge in [-0.15, -0.1) is 0 Å². The average molecular weight is 302 g/mol. The molecule has 7 heteroatoms. The number of hydrogen-bond acceptors (Lipinski definition) is 4. The molecule has 0 rings (SSSR count). The number of aliphatic carboxylic acids is 1. The Bertz CT molecular complexity index is 357. The lowest BCUT2D eigenvalue weighted by Crippen LogP contribution is -2.44. The Balaban J connectivity index is 4.43. The van der Waals surface area contributed by atoms with E-state index < -0.39 is 11.9 Å². The highest BCUT2D eigenvalue weighted by atomic mass is 16.5. The van der Waals surface area contributed by atoms with Gasteiger partial charge in [-0.3, -0.25) is 9.59 Å². The fourth-order valence-corrected chi connectivity index (χ4v) is 2.04. The van der Waals surface area contributed by atoms with Crippen LogP contribution < -0.4 is 5.32 Å². The van der Waals surface area contributed by atoms with Crippen LogP contribution >= 0.6 is 0 Å². The molecule has 0 aromatic rings. The van der Waals surface area contributed by atoms with Crippen LogP contribution in [0.25, 0.3) is 0 Å². The maximum atomic E-state index is 12.0. The van der Waals surface area contributed by atoms with Crippen LogP contribution in [0.3, 0.4) is 0 Å². The normalized spacial score (nSPS) is 11.9. The van der Waals surface area contributed by atoms with Crippen molar-refractivity contribution in [1.29, 1.82) is 0 Å². The molecule has 0 aromatic carbocycles. The van der Waals surface area contributed by atoms with Gasteiger partial charge in [0.2, 0.25) is 0 Å². The first-order chi connectivity index (χ1) is 9.79. The second-order valence-electron chi connectivity index (χ2n) is 5.37. The minimum atomic E-state index is -0.878. The molecule has 122 valence electrons. The molecular weight excluding hydrogens is 276 g/mol. The zero-order valence-corrected chi connectivity index (χ0v) is 13.2. The van der Waals surface area contributed by atoms with E-state index in [1.54, 1.807) is 6.92 Å². The van der Waals surface area contributed by atoms with Gasteiger partial charge >= 0.3 is 18.0 Å². The molecule has 0 fully saturated rings. The number of esters is 1. The van der Waals surface area contributed by atoms with E-state index in [4.69, 9.17) is 5.11 Å². The molecule has 0 saturated carbocycles. The maximum Gasteiger partial charge on any atom is 0.325 e. The highest BCUT2D eigenvalue weighted by Crippen LogP contribution is 2.14. The Hall–Kier alpha value is -1.79. The quantitative estimate of drug-likeness (QED) is 0.626. The van der Waals surface area contributed by atoms with E-state index in [9.17, 15) is 14.4 Å². The number of hydrogen-bond donors (Lipinski definition) is 2. The standard InChI is InChI=1S/C14H26N2O5/c1-5-16(9-13(19)21-4)14(20)15-8-11(6-10(2)3)7-12(17)18/h10-11H,5-9H2,1-4H3,(H,15,20)(H,17,18)/t11-/m0/s1. The lowest BCUT2D eigenvalue weighted by molar-refractivity contribution is -0.141. The van der Waals surface area contributed by atoms with Crippen LogP contribution in [0.2, 0.25) is 0 Å². The van der Waals surface area contributed by atoms with Crippen LogP contribution in [-0.4, -0.2) is 54.7 Å². The van der Waals surface area contributed by atoms with E-state index in [-0.39, 0.29) is 31.5 Å². The predicted octanol–water partition coefficient (Wildman–Crippen LogP) is 1.33. The molecule has 0 aliphatic heterocycles. The SMILES string of the molecule is CCN(CC(=O)OC)C(=O)NC[C@H](CC(=O)O)CC(C)C. The van der Waals surface area contributed by atoms with Crippen LogP contribution in [0.4, 0.5) is 4.79 Å². The molecule has 0 radical (unpaired) electrons. The van der Waals surface area contributed by atoms with Crippen LogP contribution in [0.1, 0.15) is 33.6 Å². The summed E-state index contributed by atoms with van der Waals surface area (Å²) >= 11 is 0. The fraction of sp³-hybridized carbons (Fsp3) is 0.786. The Morgan fingerprint density at radius 2 is 1.90 bits per heavy atom. The first-order valence-electron chi connectivity index (χ1n) is 7.11. The smallest absolute Gasteiger partial charge is 0.325 e. The van der Waals surface area contributed by atoms with Gasteiger partial charge in [0.1, 0.15) is 6.54 Å². The van der Waals surface area contributed by atoms with E-state index in [1.165, 1.54) is 12.0 Å². The van der Waals surface area contributed by atoms with Crippen LogP contribution in [-0.2, 0) is 14.3 Å². The van der Waals surface area contributed by atoms with Crippen LogP contribution in [0.5, 0.6) is 0 Å². The van der Waals surface area contributed by atoms with Gasteiger partial charge in [0.25, 0.3) is 0 Å². The Labute approximate surface area is 125 Å². The minimum Gasteiger partial charge on any atom is -0.481 e. The lowest BCUT2D eigenvalue weighted by Gasteiger charge is -2.23. The summed E-state index contributed by atoms with van der Waals surface area (Å²) in [6.07, 6.45) is 0.733. The zero-order valence-electron chi connectivity index (χ0n) is 13.2. The number of rotatable bonds is 9. The number of methoxy groups -OCH3 is 1. The van der Waals surface area contributed by atoms with Gasteiger partial charge in [0.05, 0.1) is 7.11 Å². The van der Waals surface area contributed by atoms with E-state index >= 15 is 0 Å². The van der Waals surface area contributed by atoms with Crippen molar-refractivity contribution < 1.29 is 24.2 Å². The molecule has 0 heterocycles. The second kappa shape index (κ2) is 10.0. The van der Waals surface area contributed by atoms with Crippen molar-refractivity contribution in [3.05, 3.63) is 0 Å². The number of nitrogens with one attached hydrogen (secondary N) is 1. The Kier molecular flexibility index (Phi) is 9.16. The van der Waals surface area contributed by atoms with Crippen molar-refractivity contribution in [2.75, 3.05) is 26.7 Å². The molecule has 0 aromatic heterocycles. The number of carboxylic acid groups (broad SMARTS) is 1. The summed E-state index contributed by atoms with van der Waals surface area (Å²) in [7, 11) is 1.26. The van der Waals surface area contributed by atoms with E-state index in [2.05, 4.69) is 10.1 Å². The van der Waals surface area contributed by atoms with Gasteiger partial charge < -0.3 is 20.1 Å². The molecule has 0 saturated heterocycles. The average Bonchev–Trinajstić information content (AvgIpc) is 2.40. The lowest BCUT2D eigenvalue weighted by atomic mass is 9.94. The number of likely N-dealkylation sites (N-methyl/N-ethyl adjacent to an activating group) is 1. The molecule has 0 aliphatic rings. The molecule has 0 spiro atoms. The Morgan fingerprint density at radius 3 is 2.33 bits per heavy atom. The van der Waals surface area contributed by atoms with E-state index in [0.29, 0.717) is 12.5 Å². The minimum absolute atomic E-state index is 0.0155. The predicted molar refractivity (Wildman–Crippen MR) is 77.9 cm³/mol. The monoisotopic (exact) mass is 302 g/mol. The van der Waals surface area contributed by atoms with Gasteiger partial charge in [-0.25, -0.2) is 4.79 Å². The molecule has 2 N–H and O–H groups in total. The third-order valence-electron chi connectivity index (χ3n) is 3.03. The first kappa shape index (κ1) is 19.2. The van der Waals surface area contributed by atoms with Crippen molar-refractivity contribution in [3.8, 4) is 0 Å². The van der Waals surface area contributed by atoms with Crippen molar-refractivity contribution in [1.82, 2.24) is 10.2 Å². The highest BCUT2D eigenvalue weighted by molar-refractivity contribution is 5.80. The number of ether oxygens (including phenoxy) is 1. The summed E-state index contributed by atoms with van der Waals surface area (Å²) in [5, 5.41) is 11.6. The van der Waals surface area contributed by atoms with E-state index in [1.807, 2.05) is 13.8 Å². The van der Waals surface area contributed by atoms with Crippen molar-refractivity contribution in [2.45, 2.75) is 33.6 Å². The summed E-state index contributed by atoms with van der Waals surface area (Å²) in [5.74, 6) is -1.14. The molecular formula is C14H26N2O5. The number of amides is 2. The highest BCUT2D eigenvalue weighted by Gasteiger charge is 2.19. The zero-order chi connectivity index (χ0) is 16.4. The Morgan fingerprint density at radius 1 is 1.29 bits per heavy atom. The summed E-state index contributed by atoms with van der Waals surface area (Å²) in [5.41, 5.74) is 0. The van der Waals surface area contributed by atoms with Gasteiger partial charge in [0.15, 0.2) is 0 Å².